The number of hydrogen-bond acceptors (Lipinski definition) is 5. The maximum atomic E-state index is 12.9. The molecule has 1 heterocycles. The molecule has 2 N–H and O–H groups in total. The average Bonchev–Trinajstić information content (AvgIpc) is 2.97. The average molecular weight is 323 g/mol. The molecule has 0 fully saturated rings. The second kappa shape index (κ2) is 7.08. The molecule has 22 heavy (non-hydrogen) atoms. The molecule has 8 heteroatoms. The lowest BCUT2D eigenvalue weighted by Crippen LogP contribution is -2.31. The van der Waals surface area contributed by atoms with Gasteiger partial charge in [-0.15, -0.1) is 5.10 Å². The fourth-order valence-electron chi connectivity index (χ4n) is 1.93. The van der Waals surface area contributed by atoms with E-state index in [1.807, 2.05) is 6.92 Å². The summed E-state index contributed by atoms with van der Waals surface area (Å²) in [4.78, 5) is 23.8. The van der Waals surface area contributed by atoms with Gasteiger partial charge in [0.05, 0.1) is 11.6 Å². The molecule has 0 aliphatic heterocycles. The summed E-state index contributed by atoms with van der Waals surface area (Å²) in [6.45, 7) is 1.76. The Hall–Kier alpha value is -2.35. The van der Waals surface area contributed by atoms with E-state index in [1.54, 1.807) is 0 Å². The van der Waals surface area contributed by atoms with Crippen LogP contribution in [0, 0.1) is 5.82 Å². The first kappa shape index (κ1) is 16.0. The van der Waals surface area contributed by atoms with Crippen LogP contribution in [0.3, 0.4) is 0 Å². The molecule has 0 saturated heterocycles. The second-order valence-electron chi connectivity index (χ2n) is 4.55. The van der Waals surface area contributed by atoms with Gasteiger partial charge in [-0.25, -0.2) is 4.39 Å². The number of carbonyl (C=O) groups excluding carboxylic acids is 1. The van der Waals surface area contributed by atoms with E-state index in [1.165, 1.54) is 24.3 Å². The highest BCUT2D eigenvalue weighted by Crippen LogP contribution is 2.17. The first-order valence-corrected chi connectivity index (χ1v) is 7.38. The van der Waals surface area contributed by atoms with Crippen LogP contribution in [0.25, 0.3) is 0 Å². The summed E-state index contributed by atoms with van der Waals surface area (Å²) >= 11 is 0.970. The fraction of sp³-hybridized carbons (Fsp3) is 0.286. The van der Waals surface area contributed by atoms with Crippen molar-refractivity contribution in [3.8, 4) is 0 Å². The largest absolute Gasteiger partial charge is 0.481 e. The summed E-state index contributed by atoms with van der Waals surface area (Å²) in [5, 5.41) is 15.7. The zero-order chi connectivity index (χ0) is 16.1. The molecule has 1 unspecified atom stereocenters. The van der Waals surface area contributed by atoms with Gasteiger partial charge in [-0.3, -0.25) is 9.59 Å². The molecule has 0 aliphatic rings. The minimum atomic E-state index is -1.09. The van der Waals surface area contributed by atoms with Gasteiger partial charge in [0.15, 0.2) is 0 Å². The molecule has 2 aromatic rings. The minimum absolute atomic E-state index is 0.0964. The molecule has 0 saturated carbocycles. The number of aromatic nitrogens is 2. The van der Waals surface area contributed by atoms with E-state index in [2.05, 4.69) is 14.9 Å². The minimum Gasteiger partial charge on any atom is -0.481 e. The van der Waals surface area contributed by atoms with Crippen molar-refractivity contribution in [3.05, 3.63) is 46.2 Å². The Bertz CT molecular complexity index is 672. The van der Waals surface area contributed by atoms with E-state index < -0.39 is 23.6 Å². The van der Waals surface area contributed by atoms with Crippen molar-refractivity contribution in [2.45, 2.75) is 19.3 Å². The number of nitrogens with zero attached hydrogens (tertiary/aromatic N) is 2. The molecule has 0 bridgehead atoms. The van der Waals surface area contributed by atoms with Crippen molar-refractivity contribution in [1.29, 1.82) is 0 Å². The summed E-state index contributed by atoms with van der Waals surface area (Å²) < 4.78 is 16.6. The Labute approximate surface area is 130 Å². The highest BCUT2D eigenvalue weighted by Gasteiger charge is 2.22. The van der Waals surface area contributed by atoms with Crippen LogP contribution in [-0.4, -0.2) is 33.1 Å². The Morgan fingerprint density at radius 2 is 2.05 bits per heavy atom. The van der Waals surface area contributed by atoms with E-state index in [-0.39, 0.29) is 6.54 Å². The Morgan fingerprint density at radius 1 is 1.36 bits per heavy atom. The zero-order valence-corrected chi connectivity index (χ0v) is 12.6. The van der Waals surface area contributed by atoms with Crippen LogP contribution in [0.15, 0.2) is 24.3 Å². The lowest BCUT2D eigenvalue weighted by atomic mass is 9.99. The predicted molar refractivity (Wildman–Crippen MR) is 78.4 cm³/mol. The summed E-state index contributed by atoms with van der Waals surface area (Å²) in [5.41, 5.74) is 1.00. The summed E-state index contributed by atoms with van der Waals surface area (Å²) in [6.07, 6.45) is 0.569. The van der Waals surface area contributed by atoms with Crippen LogP contribution in [0.4, 0.5) is 4.39 Å². The summed E-state index contributed by atoms with van der Waals surface area (Å²) in [7, 11) is 0. The number of nitrogens with one attached hydrogen (secondary N) is 1. The quantitative estimate of drug-likeness (QED) is 0.846. The number of aryl methyl sites for hydroxylation is 1. The Kier molecular flexibility index (Phi) is 5.16. The third-order valence-corrected chi connectivity index (χ3v) is 3.90. The van der Waals surface area contributed by atoms with Crippen LogP contribution in [-0.2, 0) is 11.2 Å². The zero-order valence-electron chi connectivity index (χ0n) is 11.7. The van der Waals surface area contributed by atoms with Gasteiger partial charge in [0.2, 0.25) is 0 Å². The number of hydrogen-bond donors (Lipinski definition) is 2. The van der Waals surface area contributed by atoms with Gasteiger partial charge in [-0.1, -0.05) is 23.5 Å². The van der Waals surface area contributed by atoms with Crippen LogP contribution in [0.1, 0.15) is 33.8 Å². The molecule has 116 valence electrons. The molecule has 1 atom stereocenters. The van der Waals surface area contributed by atoms with Gasteiger partial charge in [0.25, 0.3) is 5.91 Å². The standard InChI is InChI=1S/C14H14FN3O3S/c1-2-11-12(22-18-17-11)13(19)16-7-10(14(20)21)8-3-5-9(15)6-4-8/h3-6,10H,2,7H2,1H3,(H,16,19)(H,20,21). The molecule has 0 aliphatic carbocycles. The van der Waals surface area contributed by atoms with Crippen molar-refractivity contribution in [2.24, 2.45) is 0 Å². The fourth-order valence-corrected chi connectivity index (χ4v) is 2.60. The Morgan fingerprint density at radius 3 is 2.64 bits per heavy atom. The molecule has 6 nitrogen and oxygen atoms in total. The van der Waals surface area contributed by atoms with Crippen LogP contribution in [0.5, 0.6) is 0 Å². The number of aliphatic carboxylic acids is 1. The van der Waals surface area contributed by atoms with Gasteiger partial charge >= 0.3 is 5.97 Å². The maximum absolute atomic E-state index is 12.9. The van der Waals surface area contributed by atoms with E-state index in [0.29, 0.717) is 22.6 Å². The maximum Gasteiger partial charge on any atom is 0.312 e. The SMILES string of the molecule is CCc1nnsc1C(=O)NCC(C(=O)O)c1ccc(F)cc1. The number of benzene rings is 1. The van der Waals surface area contributed by atoms with Crippen molar-refractivity contribution < 1.29 is 19.1 Å². The molecule has 0 radical (unpaired) electrons. The van der Waals surface area contributed by atoms with Gasteiger partial charge in [0, 0.05) is 6.54 Å². The number of carboxylic acid groups (broad SMARTS) is 1. The lowest BCUT2D eigenvalue weighted by molar-refractivity contribution is -0.138. The first-order valence-electron chi connectivity index (χ1n) is 6.60. The van der Waals surface area contributed by atoms with Crippen molar-refractivity contribution in [1.82, 2.24) is 14.9 Å². The molecule has 0 spiro atoms. The Balaban J connectivity index is 2.08. The van der Waals surface area contributed by atoms with Crippen LogP contribution in [0.2, 0.25) is 0 Å². The third-order valence-electron chi connectivity index (χ3n) is 3.13. The van der Waals surface area contributed by atoms with E-state index in [0.717, 1.165) is 11.5 Å². The van der Waals surface area contributed by atoms with Crippen LogP contribution >= 0.6 is 11.5 Å². The molecule has 1 amide bonds. The normalized spacial score (nSPS) is 11.9. The highest BCUT2D eigenvalue weighted by atomic mass is 32.1. The van der Waals surface area contributed by atoms with Gasteiger partial charge < -0.3 is 10.4 Å². The number of carbonyl (C=O) groups is 2. The van der Waals surface area contributed by atoms with Crippen LogP contribution < -0.4 is 5.32 Å². The van der Waals surface area contributed by atoms with Gasteiger partial charge in [-0.05, 0) is 35.6 Å². The third kappa shape index (κ3) is 3.64. The molecular formula is C14H14FN3O3S. The smallest absolute Gasteiger partial charge is 0.312 e. The van der Waals surface area contributed by atoms with Crippen molar-refractivity contribution >= 4 is 23.4 Å². The topological polar surface area (TPSA) is 92.2 Å². The summed E-state index contributed by atoms with van der Waals surface area (Å²) in [6, 6.07) is 5.17. The second-order valence-corrected chi connectivity index (χ2v) is 5.31. The summed E-state index contributed by atoms with van der Waals surface area (Å²) in [5.74, 6) is -2.89. The van der Waals surface area contributed by atoms with E-state index in [4.69, 9.17) is 0 Å². The van der Waals surface area contributed by atoms with E-state index >= 15 is 0 Å². The lowest BCUT2D eigenvalue weighted by Gasteiger charge is -2.13. The van der Waals surface area contributed by atoms with Crippen molar-refractivity contribution in [3.63, 3.8) is 0 Å². The number of halogens is 1. The molecule has 2 rings (SSSR count). The monoisotopic (exact) mass is 323 g/mol. The molecule has 1 aromatic carbocycles. The molecular weight excluding hydrogens is 309 g/mol. The number of rotatable bonds is 6. The van der Waals surface area contributed by atoms with Gasteiger partial charge in [-0.2, -0.15) is 0 Å². The van der Waals surface area contributed by atoms with Crippen molar-refractivity contribution in [2.75, 3.05) is 6.54 Å². The molecule has 1 aromatic heterocycles. The van der Waals surface area contributed by atoms with Gasteiger partial charge in [0.1, 0.15) is 10.7 Å². The van der Waals surface area contributed by atoms with E-state index in [9.17, 15) is 19.1 Å². The highest BCUT2D eigenvalue weighted by molar-refractivity contribution is 7.08. The number of carboxylic acids is 1. The number of amides is 1. The predicted octanol–water partition coefficient (Wildman–Crippen LogP) is 1.84. The first-order chi connectivity index (χ1) is 10.5.